The summed E-state index contributed by atoms with van der Waals surface area (Å²) in [4.78, 5) is 0. The highest BCUT2D eigenvalue weighted by Gasteiger charge is 2.33. The molecule has 18 heavy (non-hydrogen) atoms. The number of nitrogens with one attached hydrogen (secondary N) is 2. The molecule has 0 unspecified atom stereocenters. The molecule has 1 spiro atoms. The van der Waals surface area contributed by atoms with Gasteiger partial charge < -0.3 is 10.6 Å². The first-order chi connectivity index (χ1) is 8.69. The van der Waals surface area contributed by atoms with E-state index >= 15 is 0 Å². The Labute approximate surface area is 108 Å². The van der Waals surface area contributed by atoms with Gasteiger partial charge in [0.05, 0.1) is 11.4 Å². The van der Waals surface area contributed by atoms with Crippen LogP contribution in [0.25, 0.3) is 0 Å². The molecular weight excluding hydrogens is 227 g/mol. The second kappa shape index (κ2) is 4.45. The highest BCUT2D eigenvalue weighted by Crippen LogP contribution is 2.40. The molecule has 0 amide bonds. The minimum atomic E-state index is -0.123. The molecular formula is C15H21FN2. The lowest BCUT2D eigenvalue weighted by molar-refractivity contribution is 0.224. The number of benzene rings is 1. The van der Waals surface area contributed by atoms with Crippen molar-refractivity contribution in [2.24, 2.45) is 5.41 Å². The van der Waals surface area contributed by atoms with Gasteiger partial charge in [0.2, 0.25) is 0 Å². The van der Waals surface area contributed by atoms with Crippen molar-refractivity contribution in [3.8, 4) is 0 Å². The summed E-state index contributed by atoms with van der Waals surface area (Å²) in [7, 11) is 0. The van der Waals surface area contributed by atoms with Gasteiger partial charge >= 0.3 is 0 Å². The summed E-state index contributed by atoms with van der Waals surface area (Å²) in [5, 5.41) is 6.98. The largest absolute Gasteiger partial charge is 0.383 e. The summed E-state index contributed by atoms with van der Waals surface area (Å²) >= 11 is 0. The van der Waals surface area contributed by atoms with Crippen LogP contribution < -0.4 is 10.6 Å². The van der Waals surface area contributed by atoms with Crippen LogP contribution in [0, 0.1) is 18.2 Å². The van der Waals surface area contributed by atoms with Gasteiger partial charge in [0.25, 0.3) is 0 Å². The van der Waals surface area contributed by atoms with Crippen LogP contribution in [0.3, 0.4) is 0 Å². The minimum Gasteiger partial charge on any atom is -0.383 e. The highest BCUT2D eigenvalue weighted by atomic mass is 19.1. The van der Waals surface area contributed by atoms with Crippen molar-refractivity contribution in [1.82, 2.24) is 0 Å². The molecule has 0 aromatic heterocycles. The molecule has 1 saturated carbocycles. The van der Waals surface area contributed by atoms with Crippen molar-refractivity contribution in [1.29, 1.82) is 0 Å². The molecule has 1 aromatic carbocycles. The molecule has 1 fully saturated rings. The molecule has 1 aliphatic carbocycles. The van der Waals surface area contributed by atoms with Gasteiger partial charge in [-0.1, -0.05) is 19.3 Å². The Kier molecular flexibility index (Phi) is 2.92. The van der Waals surface area contributed by atoms with Crippen molar-refractivity contribution in [2.75, 3.05) is 23.7 Å². The molecule has 98 valence electrons. The zero-order valence-electron chi connectivity index (χ0n) is 11.0. The van der Waals surface area contributed by atoms with Crippen molar-refractivity contribution in [3.05, 3.63) is 23.5 Å². The van der Waals surface area contributed by atoms with Crippen LogP contribution in [0.15, 0.2) is 12.1 Å². The third-order valence-corrected chi connectivity index (χ3v) is 4.52. The van der Waals surface area contributed by atoms with E-state index in [1.165, 1.54) is 32.1 Å². The number of aryl methyl sites for hydroxylation is 1. The zero-order chi connectivity index (χ0) is 12.6. The average molecular weight is 248 g/mol. The Morgan fingerprint density at radius 1 is 1.00 bits per heavy atom. The molecule has 3 rings (SSSR count). The fourth-order valence-electron chi connectivity index (χ4n) is 3.26. The lowest BCUT2D eigenvalue weighted by Crippen LogP contribution is -2.36. The fraction of sp³-hybridized carbons (Fsp3) is 0.600. The smallest absolute Gasteiger partial charge is 0.128 e. The molecule has 0 radical (unpaired) electrons. The van der Waals surface area contributed by atoms with E-state index in [-0.39, 0.29) is 5.82 Å². The molecule has 0 bridgehead atoms. The molecule has 2 N–H and O–H groups in total. The molecule has 2 aliphatic rings. The predicted octanol–water partition coefficient (Wildman–Crippen LogP) is 3.92. The van der Waals surface area contributed by atoms with E-state index < -0.39 is 0 Å². The maximum atomic E-state index is 13.6. The summed E-state index contributed by atoms with van der Waals surface area (Å²) in [6.45, 7) is 3.80. The van der Waals surface area contributed by atoms with E-state index in [2.05, 4.69) is 10.6 Å². The Hall–Kier alpha value is -1.25. The summed E-state index contributed by atoms with van der Waals surface area (Å²) in [6.07, 6.45) is 6.58. The van der Waals surface area contributed by atoms with Crippen LogP contribution in [0.1, 0.15) is 37.7 Å². The molecule has 1 heterocycles. The first kappa shape index (κ1) is 11.8. The third kappa shape index (κ3) is 2.06. The van der Waals surface area contributed by atoms with Gasteiger partial charge in [0.15, 0.2) is 0 Å². The van der Waals surface area contributed by atoms with Crippen LogP contribution in [-0.2, 0) is 0 Å². The van der Waals surface area contributed by atoms with Gasteiger partial charge in [-0.05, 0) is 37.5 Å². The first-order valence-electron chi connectivity index (χ1n) is 6.97. The average Bonchev–Trinajstić information content (AvgIpc) is 2.54. The monoisotopic (exact) mass is 248 g/mol. The summed E-state index contributed by atoms with van der Waals surface area (Å²) in [5.41, 5.74) is 3.04. The first-order valence-corrected chi connectivity index (χ1v) is 6.97. The molecule has 2 nitrogen and oxygen atoms in total. The van der Waals surface area contributed by atoms with E-state index in [4.69, 9.17) is 0 Å². The van der Waals surface area contributed by atoms with Gasteiger partial charge in [-0.2, -0.15) is 0 Å². The van der Waals surface area contributed by atoms with Gasteiger partial charge in [-0.25, -0.2) is 4.39 Å². The van der Waals surface area contributed by atoms with Crippen LogP contribution in [0.4, 0.5) is 15.8 Å². The zero-order valence-corrected chi connectivity index (χ0v) is 11.0. The van der Waals surface area contributed by atoms with Crippen LogP contribution in [-0.4, -0.2) is 13.1 Å². The summed E-state index contributed by atoms with van der Waals surface area (Å²) in [6, 6.07) is 3.54. The SMILES string of the molecule is Cc1cc2c(cc1F)NCC1(CCCCC1)CN2. The Morgan fingerprint density at radius 2 is 1.61 bits per heavy atom. The third-order valence-electron chi connectivity index (χ3n) is 4.52. The van der Waals surface area contributed by atoms with E-state index in [0.717, 1.165) is 24.5 Å². The van der Waals surface area contributed by atoms with E-state index in [1.807, 2.05) is 13.0 Å². The van der Waals surface area contributed by atoms with E-state index in [9.17, 15) is 4.39 Å². The molecule has 3 heteroatoms. The fourth-order valence-corrected chi connectivity index (χ4v) is 3.26. The van der Waals surface area contributed by atoms with Gasteiger partial charge in [0.1, 0.15) is 5.82 Å². The number of fused-ring (bicyclic) bond motifs is 1. The standard InChI is InChI=1S/C15H21FN2/c1-11-7-13-14(8-12(11)16)18-10-15(9-17-13)5-3-2-4-6-15/h7-8,17-18H,2-6,9-10H2,1H3. The number of anilines is 2. The van der Waals surface area contributed by atoms with Gasteiger partial charge in [-0.3, -0.25) is 0 Å². The Balaban J connectivity index is 1.85. The van der Waals surface area contributed by atoms with Crippen LogP contribution in [0.2, 0.25) is 0 Å². The maximum absolute atomic E-state index is 13.6. The highest BCUT2D eigenvalue weighted by molar-refractivity contribution is 5.71. The molecule has 0 saturated heterocycles. The molecule has 0 atom stereocenters. The Morgan fingerprint density at radius 3 is 2.28 bits per heavy atom. The van der Waals surface area contributed by atoms with Crippen LogP contribution in [0.5, 0.6) is 0 Å². The summed E-state index contributed by atoms with van der Waals surface area (Å²) in [5.74, 6) is -0.123. The minimum absolute atomic E-state index is 0.123. The predicted molar refractivity (Wildman–Crippen MR) is 73.6 cm³/mol. The molecule has 1 aromatic rings. The maximum Gasteiger partial charge on any atom is 0.128 e. The second-order valence-electron chi connectivity index (χ2n) is 5.91. The summed E-state index contributed by atoms with van der Waals surface area (Å²) < 4.78 is 13.6. The van der Waals surface area contributed by atoms with Crippen molar-refractivity contribution in [2.45, 2.75) is 39.0 Å². The quantitative estimate of drug-likeness (QED) is 0.727. The van der Waals surface area contributed by atoms with Crippen molar-refractivity contribution < 1.29 is 4.39 Å². The number of hydrogen-bond acceptors (Lipinski definition) is 2. The molecule has 1 aliphatic heterocycles. The Bertz CT molecular complexity index is 415. The number of hydrogen-bond donors (Lipinski definition) is 2. The number of rotatable bonds is 0. The van der Waals surface area contributed by atoms with E-state index in [0.29, 0.717) is 11.0 Å². The van der Waals surface area contributed by atoms with Crippen molar-refractivity contribution in [3.63, 3.8) is 0 Å². The second-order valence-corrected chi connectivity index (χ2v) is 5.91. The van der Waals surface area contributed by atoms with E-state index in [1.54, 1.807) is 6.07 Å². The van der Waals surface area contributed by atoms with Gasteiger partial charge in [-0.15, -0.1) is 0 Å². The number of halogens is 1. The topological polar surface area (TPSA) is 24.1 Å². The normalized spacial score (nSPS) is 21.7. The van der Waals surface area contributed by atoms with Crippen molar-refractivity contribution >= 4 is 11.4 Å². The van der Waals surface area contributed by atoms with Gasteiger partial charge in [0, 0.05) is 18.5 Å². The van der Waals surface area contributed by atoms with Crippen LogP contribution >= 0.6 is 0 Å². The lowest BCUT2D eigenvalue weighted by Gasteiger charge is -2.36. The lowest BCUT2D eigenvalue weighted by atomic mass is 9.74.